The average molecular weight is 354 g/mol. The Morgan fingerprint density at radius 2 is 1.92 bits per heavy atom. The molecule has 0 aliphatic heterocycles. The summed E-state index contributed by atoms with van der Waals surface area (Å²) in [5, 5.41) is 1.17. The van der Waals surface area contributed by atoms with E-state index >= 15 is 0 Å². The molecule has 26 heavy (non-hydrogen) atoms. The number of pyridine rings is 1. The number of carbonyl (C=O) groups excluding carboxylic acids is 2. The molecule has 134 valence electrons. The van der Waals surface area contributed by atoms with E-state index in [0.717, 1.165) is 5.56 Å². The zero-order valence-electron chi connectivity index (χ0n) is 14.4. The fourth-order valence-electron chi connectivity index (χ4n) is 2.77. The third-order valence-corrected chi connectivity index (χ3v) is 3.86. The molecule has 0 spiro atoms. The normalized spacial score (nSPS) is 11.3. The van der Waals surface area contributed by atoms with Crippen LogP contribution in [0.1, 0.15) is 29.8 Å². The molecule has 0 amide bonds. The van der Waals surface area contributed by atoms with Crippen LogP contribution in [-0.2, 0) is 14.3 Å². The van der Waals surface area contributed by atoms with Crippen molar-refractivity contribution in [2.75, 3.05) is 13.2 Å². The van der Waals surface area contributed by atoms with E-state index in [2.05, 4.69) is 9.97 Å². The van der Waals surface area contributed by atoms with Gasteiger partial charge < -0.3 is 19.4 Å². The number of H-pyrrole nitrogens is 2. The van der Waals surface area contributed by atoms with E-state index in [-0.39, 0.29) is 12.2 Å². The van der Waals surface area contributed by atoms with Crippen LogP contribution in [-0.4, -0.2) is 35.1 Å². The number of nitrogens with one attached hydrogen (secondary N) is 2. The van der Waals surface area contributed by atoms with Crippen molar-refractivity contribution >= 4 is 39.8 Å². The lowest BCUT2D eigenvalue weighted by molar-refractivity contribution is -0.137. The molecule has 0 aliphatic carbocycles. The minimum atomic E-state index is -0.502. The lowest BCUT2D eigenvalue weighted by Gasteiger charge is -2.05. The fraction of sp³-hybridized carbons (Fsp3) is 0.211. The first-order valence-corrected chi connectivity index (χ1v) is 8.24. The summed E-state index contributed by atoms with van der Waals surface area (Å²) in [7, 11) is 0. The maximum Gasteiger partial charge on any atom is 0.340 e. The maximum atomic E-state index is 12.2. The van der Waals surface area contributed by atoms with E-state index < -0.39 is 11.9 Å². The number of aromatic amines is 2. The molecule has 1 aromatic carbocycles. The van der Waals surface area contributed by atoms with E-state index in [1.54, 1.807) is 38.1 Å². The summed E-state index contributed by atoms with van der Waals surface area (Å²) in [5.41, 5.74) is 1.59. The van der Waals surface area contributed by atoms with Gasteiger partial charge in [0.05, 0.1) is 18.8 Å². The van der Waals surface area contributed by atoms with Crippen molar-refractivity contribution in [1.82, 2.24) is 9.97 Å². The van der Waals surface area contributed by atoms with E-state index in [1.165, 1.54) is 12.3 Å². The van der Waals surface area contributed by atoms with Crippen LogP contribution in [0.4, 0.5) is 0 Å². The van der Waals surface area contributed by atoms with Crippen molar-refractivity contribution in [3.8, 4) is 0 Å². The highest BCUT2D eigenvalue weighted by Crippen LogP contribution is 2.26. The second-order valence-corrected chi connectivity index (χ2v) is 5.52. The molecule has 0 saturated heterocycles. The first-order chi connectivity index (χ1) is 12.5. The summed E-state index contributed by atoms with van der Waals surface area (Å²) in [6, 6.07) is 5.28. The lowest BCUT2D eigenvalue weighted by atomic mass is 10.0. The Bertz CT molecular complexity index is 1070. The average Bonchev–Trinajstić information content (AvgIpc) is 3.07. The molecule has 3 aromatic rings. The largest absolute Gasteiger partial charge is 0.463 e. The van der Waals surface area contributed by atoms with Crippen LogP contribution in [0.15, 0.2) is 35.3 Å². The van der Waals surface area contributed by atoms with Gasteiger partial charge in [-0.05, 0) is 37.6 Å². The molecular formula is C19H18N2O5. The molecule has 2 heterocycles. The van der Waals surface area contributed by atoms with Crippen LogP contribution in [0.25, 0.3) is 27.9 Å². The monoisotopic (exact) mass is 354 g/mol. The van der Waals surface area contributed by atoms with Gasteiger partial charge in [0, 0.05) is 28.6 Å². The zero-order chi connectivity index (χ0) is 18.7. The fourth-order valence-corrected chi connectivity index (χ4v) is 2.77. The van der Waals surface area contributed by atoms with Crippen molar-refractivity contribution in [2.45, 2.75) is 13.8 Å². The molecule has 0 aliphatic rings. The van der Waals surface area contributed by atoms with Crippen LogP contribution in [0.3, 0.4) is 0 Å². The topological polar surface area (TPSA) is 101 Å². The molecule has 2 N–H and O–H groups in total. The third-order valence-electron chi connectivity index (χ3n) is 3.86. The Hall–Kier alpha value is -3.35. The third kappa shape index (κ3) is 3.23. The summed E-state index contributed by atoms with van der Waals surface area (Å²) in [6.45, 7) is 3.99. The summed E-state index contributed by atoms with van der Waals surface area (Å²) < 4.78 is 9.94. The number of rotatable bonds is 5. The highest BCUT2D eigenvalue weighted by atomic mass is 16.5. The Morgan fingerprint density at radius 1 is 1.15 bits per heavy atom. The predicted molar refractivity (Wildman–Crippen MR) is 98.0 cm³/mol. The SMILES string of the molecule is CCOC(=O)/C=C/c1ccc2[nH]c(=O)c3[nH]cc(C(=O)OCC)c3c2c1. The van der Waals surface area contributed by atoms with Crippen LogP contribution < -0.4 is 5.56 Å². The van der Waals surface area contributed by atoms with Gasteiger partial charge in [-0.1, -0.05) is 6.07 Å². The van der Waals surface area contributed by atoms with Crippen molar-refractivity contribution in [2.24, 2.45) is 0 Å². The molecule has 0 radical (unpaired) electrons. The van der Waals surface area contributed by atoms with Crippen LogP contribution >= 0.6 is 0 Å². The Kier molecular flexibility index (Phi) is 4.88. The highest BCUT2D eigenvalue weighted by molar-refractivity contribution is 6.15. The molecule has 0 atom stereocenters. The van der Waals surface area contributed by atoms with Crippen molar-refractivity contribution < 1.29 is 19.1 Å². The Morgan fingerprint density at radius 3 is 2.65 bits per heavy atom. The van der Waals surface area contributed by atoms with Gasteiger partial charge in [-0.2, -0.15) is 0 Å². The smallest absolute Gasteiger partial charge is 0.340 e. The van der Waals surface area contributed by atoms with Crippen LogP contribution in [0.5, 0.6) is 0 Å². The zero-order valence-corrected chi connectivity index (χ0v) is 14.4. The molecule has 0 bridgehead atoms. The summed E-state index contributed by atoms with van der Waals surface area (Å²) in [6.07, 6.45) is 4.42. The number of hydrogen-bond donors (Lipinski definition) is 2. The molecule has 7 heteroatoms. The number of benzene rings is 1. The van der Waals surface area contributed by atoms with Gasteiger partial charge in [-0.3, -0.25) is 4.79 Å². The van der Waals surface area contributed by atoms with Gasteiger partial charge in [0.1, 0.15) is 5.52 Å². The van der Waals surface area contributed by atoms with Gasteiger partial charge >= 0.3 is 11.9 Å². The van der Waals surface area contributed by atoms with E-state index in [4.69, 9.17) is 9.47 Å². The number of esters is 2. The number of aromatic nitrogens is 2. The van der Waals surface area contributed by atoms with Crippen LogP contribution in [0, 0.1) is 0 Å². The van der Waals surface area contributed by atoms with Gasteiger partial charge in [0.15, 0.2) is 0 Å². The predicted octanol–water partition coefficient (Wildman–Crippen LogP) is 2.76. The molecule has 0 unspecified atom stereocenters. The first kappa shape index (κ1) is 17.5. The number of fused-ring (bicyclic) bond motifs is 3. The second-order valence-electron chi connectivity index (χ2n) is 5.52. The minimum Gasteiger partial charge on any atom is -0.463 e. The lowest BCUT2D eigenvalue weighted by Crippen LogP contribution is -2.08. The first-order valence-electron chi connectivity index (χ1n) is 8.24. The highest BCUT2D eigenvalue weighted by Gasteiger charge is 2.18. The van der Waals surface area contributed by atoms with Gasteiger partial charge in [0.2, 0.25) is 0 Å². The van der Waals surface area contributed by atoms with E-state index in [1.807, 2.05) is 0 Å². The minimum absolute atomic E-state index is 0.236. The van der Waals surface area contributed by atoms with Crippen molar-refractivity contribution in [1.29, 1.82) is 0 Å². The molecule has 0 fully saturated rings. The molecular weight excluding hydrogens is 336 g/mol. The molecule has 7 nitrogen and oxygen atoms in total. The standard InChI is InChI=1S/C19H18N2O5/c1-3-25-15(22)8-6-11-5-7-14-12(9-11)16-13(19(24)26-4-2)10-20-17(16)18(23)21-14/h5-10,20H,3-4H2,1-2H3,(H,21,23)/b8-6+. The van der Waals surface area contributed by atoms with Crippen molar-refractivity contribution in [3.05, 3.63) is 52.0 Å². The maximum absolute atomic E-state index is 12.2. The van der Waals surface area contributed by atoms with Gasteiger partial charge in [-0.25, -0.2) is 9.59 Å². The molecule has 3 rings (SSSR count). The van der Waals surface area contributed by atoms with Crippen molar-refractivity contribution in [3.63, 3.8) is 0 Å². The number of ether oxygens (including phenoxy) is 2. The summed E-state index contributed by atoms with van der Waals surface area (Å²) >= 11 is 0. The Balaban J connectivity index is 2.17. The quantitative estimate of drug-likeness (QED) is 0.542. The van der Waals surface area contributed by atoms with Gasteiger partial charge in [-0.15, -0.1) is 0 Å². The number of carbonyl (C=O) groups is 2. The number of hydrogen-bond acceptors (Lipinski definition) is 5. The Labute approximate surface area is 148 Å². The van der Waals surface area contributed by atoms with E-state index in [0.29, 0.717) is 34.0 Å². The molecule has 2 aromatic heterocycles. The second kappa shape index (κ2) is 7.26. The van der Waals surface area contributed by atoms with E-state index in [9.17, 15) is 14.4 Å². The molecule has 0 saturated carbocycles. The summed E-state index contributed by atoms with van der Waals surface area (Å²) in [4.78, 5) is 41.6. The summed E-state index contributed by atoms with van der Waals surface area (Å²) in [5.74, 6) is -0.939. The van der Waals surface area contributed by atoms with Crippen LogP contribution in [0.2, 0.25) is 0 Å². The van der Waals surface area contributed by atoms with Gasteiger partial charge in [0.25, 0.3) is 5.56 Å².